The molecule has 0 radical (unpaired) electrons. The summed E-state index contributed by atoms with van der Waals surface area (Å²) in [5, 5.41) is 7.55. The van der Waals surface area contributed by atoms with Crippen LogP contribution in [0, 0.1) is 18.6 Å². The maximum atomic E-state index is 13.5. The zero-order chi connectivity index (χ0) is 24.1. The Balaban J connectivity index is 1.39. The Morgan fingerprint density at radius 2 is 1.62 bits per heavy atom. The molecule has 9 heteroatoms. The van der Waals surface area contributed by atoms with Gasteiger partial charge in [0.25, 0.3) is 0 Å². The average Bonchev–Trinajstić information content (AvgIpc) is 3.28. The Kier molecular flexibility index (Phi) is 7.74. The molecule has 0 aliphatic carbocycles. The van der Waals surface area contributed by atoms with Crippen LogP contribution in [-0.4, -0.2) is 76.9 Å². The van der Waals surface area contributed by atoms with Gasteiger partial charge in [0, 0.05) is 56.7 Å². The van der Waals surface area contributed by atoms with Crippen molar-refractivity contribution in [1.29, 1.82) is 0 Å². The molecule has 1 N–H and O–H groups in total. The van der Waals surface area contributed by atoms with Gasteiger partial charge in [-0.25, -0.2) is 13.5 Å². The number of anilines is 3. The summed E-state index contributed by atoms with van der Waals surface area (Å²) >= 11 is 0. The number of piperazine rings is 1. The van der Waals surface area contributed by atoms with Gasteiger partial charge in [0.1, 0.15) is 18.0 Å². The number of rotatable bonds is 9. The highest BCUT2D eigenvalue weighted by molar-refractivity contribution is 5.64. The van der Waals surface area contributed by atoms with Crippen molar-refractivity contribution < 1.29 is 8.78 Å². The van der Waals surface area contributed by atoms with E-state index in [4.69, 9.17) is 0 Å². The fourth-order valence-corrected chi connectivity index (χ4v) is 4.32. The van der Waals surface area contributed by atoms with Crippen LogP contribution in [0.1, 0.15) is 19.4 Å². The first-order chi connectivity index (χ1) is 16.4. The number of halogens is 2. The fourth-order valence-electron chi connectivity index (χ4n) is 4.32. The maximum absolute atomic E-state index is 13.5. The van der Waals surface area contributed by atoms with Crippen LogP contribution < -0.4 is 10.2 Å². The van der Waals surface area contributed by atoms with Crippen molar-refractivity contribution in [3.63, 3.8) is 0 Å². The number of nitrogens with zero attached hydrogens (tertiary/aromatic N) is 6. The minimum atomic E-state index is -0.656. The van der Waals surface area contributed by atoms with Gasteiger partial charge in [-0.1, -0.05) is 13.8 Å². The van der Waals surface area contributed by atoms with E-state index in [1.165, 1.54) is 23.1 Å². The molecule has 2 heterocycles. The number of benzene rings is 2. The highest BCUT2D eigenvalue weighted by atomic mass is 19.1. The smallest absolute Gasteiger partial charge is 0.246 e. The summed E-state index contributed by atoms with van der Waals surface area (Å²) < 4.78 is 28.4. The van der Waals surface area contributed by atoms with Gasteiger partial charge >= 0.3 is 0 Å². The number of nitrogens with one attached hydrogen (secondary N) is 1. The van der Waals surface area contributed by atoms with Crippen molar-refractivity contribution in [3.8, 4) is 5.69 Å². The minimum absolute atomic E-state index is 0.279. The predicted octanol–water partition coefficient (Wildman–Crippen LogP) is 4.06. The largest absolute Gasteiger partial charge is 0.369 e. The van der Waals surface area contributed by atoms with Crippen LogP contribution in [-0.2, 0) is 0 Å². The molecule has 1 aliphatic heterocycles. The zero-order valence-corrected chi connectivity index (χ0v) is 20.1. The maximum Gasteiger partial charge on any atom is 0.246 e. The van der Waals surface area contributed by atoms with Crippen LogP contribution in [0.25, 0.3) is 5.69 Å². The molecule has 182 valence electrons. The van der Waals surface area contributed by atoms with Crippen LogP contribution in [0.2, 0.25) is 0 Å². The molecule has 3 aromatic rings. The number of aryl methyl sites for hydroxylation is 1. The highest BCUT2D eigenvalue weighted by Crippen LogP contribution is 2.25. The third-order valence-corrected chi connectivity index (χ3v) is 6.29. The Hall–Kier alpha value is -3.04. The Bertz CT molecular complexity index is 1070. The minimum Gasteiger partial charge on any atom is -0.369 e. The van der Waals surface area contributed by atoms with Gasteiger partial charge in [-0.3, -0.25) is 4.90 Å². The molecule has 2 aromatic carbocycles. The topological polar surface area (TPSA) is 52.5 Å². The zero-order valence-electron chi connectivity index (χ0n) is 20.1. The monoisotopic (exact) mass is 469 g/mol. The number of likely N-dealkylation sites (N-methyl/N-ethyl adjacent to an activating group) is 1. The summed E-state index contributed by atoms with van der Waals surface area (Å²) in [6, 6.07) is 9.59. The van der Waals surface area contributed by atoms with Crippen LogP contribution in [0.5, 0.6) is 0 Å². The van der Waals surface area contributed by atoms with Crippen molar-refractivity contribution in [2.75, 3.05) is 62.6 Å². The summed E-state index contributed by atoms with van der Waals surface area (Å²) in [5.74, 6) is -0.949. The molecule has 34 heavy (non-hydrogen) atoms. The molecule has 0 spiro atoms. The summed E-state index contributed by atoms with van der Waals surface area (Å²) in [6.45, 7) is 15.0. The van der Waals surface area contributed by atoms with E-state index >= 15 is 0 Å². The Labute approximate surface area is 200 Å². The van der Waals surface area contributed by atoms with E-state index in [0.717, 1.165) is 75.4 Å². The molecule has 1 saturated heterocycles. The van der Waals surface area contributed by atoms with E-state index in [1.807, 2.05) is 6.07 Å². The molecular weight excluding hydrogens is 436 g/mol. The molecule has 1 aliphatic rings. The molecule has 4 rings (SSSR count). The van der Waals surface area contributed by atoms with Crippen molar-refractivity contribution >= 4 is 17.3 Å². The van der Waals surface area contributed by atoms with Crippen LogP contribution in [0.3, 0.4) is 0 Å². The van der Waals surface area contributed by atoms with Gasteiger partial charge in [0.05, 0.1) is 5.69 Å². The van der Waals surface area contributed by atoms with Crippen LogP contribution >= 0.6 is 0 Å². The van der Waals surface area contributed by atoms with Gasteiger partial charge in [-0.2, -0.15) is 4.98 Å². The summed E-state index contributed by atoms with van der Waals surface area (Å²) in [7, 11) is 0. The molecule has 1 fully saturated rings. The number of aromatic nitrogens is 3. The van der Waals surface area contributed by atoms with Gasteiger partial charge in [0.2, 0.25) is 5.95 Å². The molecule has 0 unspecified atom stereocenters. The quantitative estimate of drug-likeness (QED) is 0.510. The van der Waals surface area contributed by atoms with E-state index < -0.39 is 11.6 Å². The van der Waals surface area contributed by atoms with Crippen LogP contribution in [0.15, 0.2) is 42.7 Å². The molecule has 0 amide bonds. The Morgan fingerprint density at radius 1 is 0.912 bits per heavy atom. The van der Waals surface area contributed by atoms with E-state index in [1.54, 1.807) is 0 Å². The van der Waals surface area contributed by atoms with Crippen molar-refractivity contribution in [2.45, 2.75) is 20.8 Å². The normalized spacial score (nSPS) is 14.7. The summed E-state index contributed by atoms with van der Waals surface area (Å²) in [4.78, 5) is 11.7. The van der Waals surface area contributed by atoms with Gasteiger partial charge in [0.15, 0.2) is 0 Å². The first kappa shape index (κ1) is 24.1. The lowest BCUT2D eigenvalue weighted by Crippen LogP contribution is -2.48. The standard InChI is InChI=1S/C25H33F2N7/c1-4-31(5-2)6-7-32-8-10-33(11-9-32)23-13-19(3)12-22(17-23)29-25-28-18-34(30-25)24-15-20(26)14-21(27)16-24/h12-18H,4-11H2,1-3H3,(H,29,30). The number of hydrogen-bond donors (Lipinski definition) is 1. The lowest BCUT2D eigenvalue weighted by Gasteiger charge is -2.37. The second-order valence-corrected chi connectivity index (χ2v) is 8.68. The Morgan fingerprint density at radius 3 is 2.29 bits per heavy atom. The molecule has 0 saturated carbocycles. The third-order valence-electron chi connectivity index (χ3n) is 6.29. The average molecular weight is 470 g/mol. The van der Waals surface area contributed by atoms with Crippen molar-refractivity contribution in [2.24, 2.45) is 0 Å². The van der Waals surface area contributed by atoms with Gasteiger partial charge < -0.3 is 15.1 Å². The third kappa shape index (κ3) is 6.09. The van der Waals surface area contributed by atoms with Crippen molar-refractivity contribution in [1.82, 2.24) is 24.6 Å². The first-order valence-electron chi connectivity index (χ1n) is 11.9. The fraction of sp³-hybridized carbons (Fsp3) is 0.440. The van der Waals surface area contributed by atoms with E-state index in [9.17, 15) is 8.78 Å². The second-order valence-electron chi connectivity index (χ2n) is 8.68. The van der Waals surface area contributed by atoms with Gasteiger partial charge in [-0.15, -0.1) is 5.10 Å². The number of hydrogen-bond acceptors (Lipinski definition) is 6. The van der Waals surface area contributed by atoms with Crippen molar-refractivity contribution in [3.05, 3.63) is 59.9 Å². The summed E-state index contributed by atoms with van der Waals surface area (Å²) in [6.07, 6.45) is 1.44. The molecule has 0 bridgehead atoms. The second kappa shape index (κ2) is 10.9. The molecule has 7 nitrogen and oxygen atoms in total. The first-order valence-corrected chi connectivity index (χ1v) is 11.9. The lowest BCUT2D eigenvalue weighted by molar-refractivity contribution is 0.206. The molecule has 1 aromatic heterocycles. The van der Waals surface area contributed by atoms with Crippen LogP contribution in [0.4, 0.5) is 26.1 Å². The van der Waals surface area contributed by atoms with E-state index in [0.29, 0.717) is 5.95 Å². The van der Waals surface area contributed by atoms with E-state index in [-0.39, 0.29) is 5.69 Å². The molecular formula is C25H33F2N7. The lowest BCUT2D eigenvalue weighted by atomic mass is 10.1. The predicted molar refractivity (Wildman–Crippen MR) is 132 cm³/mol. The highest BCUT2D eigenvalue weighted by Gasteiger charge is 2.18. The van der Waals surface area contributed by atoms with Gasteiger partial charge in [-0.05, 0) is 55.9 Å². The SMILES string of the molecule is CCN(CC)CCN1CCN(c2cc(C)cc(Nc3ncn(-c4cc(F)cc(F)c4)n3)c2)CC1. The van der Waals surface area contributed by atoms with E-state index in [2.05, 4.69) is 63.0 Å². The molecule has 0 atom stereocenters. The summed E-state index contributed by atoms with van der Waals surface area (Å²) in [5.41, 5.74) is 3.46.